The van der Waals surface area contributed by atoms with Crippen LogP contribution in [0.3, 0.4) is 0 Å². The smallest absolute Gasteiger partial charge is 0.462 e. The summed E-state index contributed by atoms with van der Waals surface area (Å²) >= 11 is 0. The molecule has 59 heavy (non-hydrogen) atoms. The number of hydrogen-bond acceptors (Lipinski definition) is 10. The van der Waals surface area contributed by atoms with E-state index in [0.717, 1.165) is 44.9 Å². The summed E-state index contributed by atoms with van der Waals surface area (Å²) in [5.41, 5.74) is 0. The van der Waals surface area contributed by atoms with E-state index in [-0.39, 0.29) is 38.9 Å². The lowest BCUT2D eigenvalue weighted by Crippen LogP contribution is -2.37. The molecular weight excluding hydrogens is 773 g/mol. The highest BCUT2D eigenvalue weighted by atomic mass is 31.2. The molecule has 0 aromatic rings. The number of quaternary nitrogens is 1. The largest absolute Gasteiger partial charge is 0.472 e. The van der Waals surface area contributed by atoms with Crippen LogP contribution in [-0.4, -0.2) is 109 Å². The summed E-state index contributed by atoms with van der Waals surface area (Å²) in [6.45, 7) is 3.91. The fourth-order valence-electron chi connectivity index (χ4n) is 5.99. The van der Waals surface area contributed by atoms with Crippen LogP contribution in [0.1, 0.15) is 162 Å². The van der Waals surface area contributed by atoms with E-state index in [4.69, 9.17) is 18.5 Å². The van der Waals surface area contributed by atoms with Gasteiger partial charge in [-0.1, -0.05) is 172 Å². The summed E-state index contributed by atoms with van der Waals surface area (Å²) in [4.78, 5) is 35.4. The Hall–Kier alpha value is -2.15. The molecule has 0 amide bonds. The molecule has 0 radical (unpaired) electrons. The molecule has 0 saturated carbocycles. The number of rotatable bonds is 40. The molecule has 0 saturated heterocycles. The topological polar surface area (TPSA) is 169 Å². The second-order valence-electron chi connectivity index (χ2n) is 16.7. The first-order valence-electron chi connectivity index (χ1n) is 22.7. The Balaban J connectivity index is 4.68. The Morgan fingerprint density at radius 2 is 1.08 bits per heavy atom. The van der Waals surface area contributed by atoms with Gasteiger partial charge >= 0.3 is 19.8 Å². The predicted molar refractivity (Wildman–Crippen MR) is 238 cm³/mol. The molecule has 13 heteroatoms. The second kappa shape index (κ2) is 37.6. The monoisotopic (exact) mass is 859 g/mol. The summed E-state index contributed by atoms with van der Waals surface area (Å²) in [5.74, 6) is -1.13. The van der Waals surface area contributed by atoms with Gasteiger partial charge in [-0.15, -0.1) is 0 Å². The van der Waals surface area contributed by atoms with Gasteiger partial charge in [0.25, 0.3) is 0 Å². The second-order valence-corrected chi connectivity index (χ2v) is 18.1. The van der Waals surface area contributed by atoms with Crippen LogP contribution >= 0.6 is 7.82 Å². The van der Waals surface area contributed by atoms with Crippen molar-refractivity contribution >= 4 is 19.8 Å². The maximum atomic E-state index is 12.7. The number of likely N-dealkylation sites (N-methyl/N-ethyl adjacent to an activating group) is 1. The van der Waals surface area contributed by atoms with Gasteiger partial charge in [0.1, 0.15) is 19.8 Å². The zero-order chi connectivity index (χ0) is 44.0. The summed E-state index contributed by atoms with van der Waals surface area (Å²) in [7, 11) is 1.26. The van der Waals surface area contributed by atoms with Crippen LogP contribution in [-0.2, 0) is 32.7 Å². The number of aliphatic hydroxyl groups excluding tert-OH is 3. The third kappa shape index (κ3) is 39.7. The molecule has 0 aliphatic heterocycles. The molecule has 5 atom stereocenters. The van der Waals surface area contributed by atoms with Crippen LogP contribution in [0, 0.1) is 0 Å². The average molecular weight is 859 g/mol. The van der Waals surface area contributed by atoms with Crippen molar-refractivity contribution in [3.05, 3.63) is 48.6 Å². The minimum atomic E-state index is -4.47. The molecule has 344 valence electrons. The number of aliphatic hydroxyl groups is 3. The molecule has 0 rings (SSSR count). The van der Waals surface area contributed by atoms with Crippen LogP contribution in [0.2, 0.25) is 0 Å². The molecule has 0 spiro atoms. The lowest BCUT2D eigenvalue weighted by Gasteiger charge is -2.24. The molecule has 5 unspecified atom stereocenters. The number of hydrogen-bond donors (Lipinski definition) is 4. The third-order valence-electron chi connectivity index (χ3n) is 9.73. The third-order valence-corrected chi connectivity index (χ3v) is 10.7. The lowest BCUT2D eigenvalue weighted by atomic mass is 10.0. The zero-order valence-corrected chi connectivity index (χ0v) is 38.5. The molecule has 0 aliphatic rings. The van der Waals surface area contributed by atoms with Crippen LogP contribution in [0.4, 0.5) is 0 Å². The van der Waals surface area contributed by atoms with Gasteiger partial charge in [0.05, 0.1) is 46.1 Å². The van der Waals surface area contributed by atoms with Gasteiger partial charge in [-0.25, -0.2) is 4.57 Å². The first-order chi connectivity index (χ1) is 28.2. The van der Waals surface area contributed by atoms with E-state index in [9.17, 15) is 34.4 Å². The molecule has 0 fully saturated rings. The number of phosphoric ester groups is 1. The number of unbranched alkanes of at least 4 members (excludes halogenated alkanes) is 16. The number of esters is 2. The fourth-order valence-corrected chi connectivity index (χ4v) is 6.73. The van der Waals surface area contributed by atoms with E-state index in [1.165, 1.54) is 76.7 Å². The highest BCUT2D eigenvalue weighted by Crippen LogP contribution is 2.43. The molecule has 4 N–H and O–H groups in total. The first kappa shape index (κ1) is 56.9. The molecule has 0 bridgehead atoms. The number of ether oxygens (including phenoxy) is 2. The Morgan fingerprint density at radius 3 is 1.64 bits per heavy atom. The lowest BCUT2D eigenvalue weighted by molar-refractivity contribution is -0.870. The minimum Gasteiger partial charge on any atom is -0.462 e. The van der Waals surface area contributed by atoms with Crippen LogP contribution in [0.5, 0.6) is 0 Å². The number of allylic oxidation sites excluding steroid dienone is 6. The van der Waals surface area contributed by atoms with Crippen LogP contribution < -0.4 is 0 Å². The standard InChI is InChI=1S/C46H84NO11P/c1-6-8-10-11-12-13-14-15-16-17-18-19-20-25-29-35-45(51)55-39-42(40-57-59(53,54)56-38-37-47(3,4)5)58-46(52)36-30-34-44(50)43(49)33-28-24-22-21-23-27-32-41(48)31-26-9-7-2/h21-24,27-28,32-33,41-44,48-50H,6-20,25-26,29-31,34-40H2,1-5H3/p+1/b23-21+,24-22-,32-27-,33-28-. The maximum absolute atomic E-state index is 12.7. The van der Waals surface area contributed by atoms with E-state index in [2.05, 4.69) is 13.8 Å². The average Bonchev–Trinajstić information content (AvgIpc) is 3.17. The number of phosphoric acid groups is 1. The summed E-state index contributed by atoms with van der Waals surface area (Å²) in [6.07, 6.45) is 32.4. The first-order valence-corrected chi connectivity index (χ1v) is 24.2. The fraction of sp³-hybridized carbons (Fsp3) is 0.783. The number of carbonyl (C=O) groups excluding carboxylic acids is 2. The van der Waals surface area contributed by atoms with Crippen molar-refractivity contribution in [2.75, 3.05) is 47.5 Å². The van der Waals surface area contributed by atoms with Crippen molar-refractivity contribution in [2.45, 2.75) is 186 Å². The Morgan fingerprint density at radius 1 is 0.593 bits per heavy atom. The van der Waals surface area contributed by atoms with E-state index in [1.807, 2.05) is 21.1 Å². The highest BCUT2D eigenvalue weighted by Gasteiger charge is 2.27. The predicted octanol–water partition coefficient (Wildman–Crippen LogP) is 9.60. The molecule has 0 aromatic carbocycles. The Labute approximate surface area is 358 Å². The number of nitrogens with zero attached hydrogens (tertiary/aromatic N) is 1. The SMILES string of the molecule is CCCCCCCCCCCCCCCCCC(=O)OCC(COP(=O)(O)OCC[N+](C)(C)C)OC(=O)CCCC(O)C(O)\C=C/C=C\C=C\C=C/C(O)CCCCC. The van der Waals surface area contributed by atoms with Gasteiger partial charge in [0.15, 0.2) is 6.10 Å². The van der Waals surface area contributed by atoms with Gasteiger partial charge in [0.2, 0.25) is 0 Å². The highest BCUT2D eigenvalue weighted by molar-refractivity contribution is 7.47. The van der Waals surface area contributed by atoms with Gasteiger partial charge in [-0.2, -0.15) is 0 Å². The van der Waals surface area contributed by atoms with Crippen molar-refractivity contribution in [3.8, 4) is 0 Å². The van der Waals surface area contributed by atoms with E-state index >= 15 is 0 Å². The van der Waals surface area contributed by atoms with E-state index in [0.29, 0.717) is 17.4 Å². The molecular formula is C46H85NO11P+. The molecule has 0 aromatic heterocycles. The van der Waals surface area contributed by atoms with E-state index in [1.54, 1.807) is 42.5 Å². The number of carbonyl (C=O) groups is 2. The normalized spacial score (nSPS) is 15.6. The molecule has 0 heterocycles. The summed E-state index contributed by atoms with van der Waals surface area (Å²) < 4.78 is 34.0. The maximum Gasteiger partial charge on any atom is 0.472 e. The Bertz CT molecular complexity index is 1200. The summed E-state index contributed by atoms with van der Waals surface area (Å²) in [5, 5.41) is 30.6. The van der Waals surface area contributed by atoms with Crippen LogP contribution in [0.15, 0.2) is 48.6 Å². The molecule has 12 nitrogen and oxygen atoms in total. The van der Waals surface area contributed by atoms with Crippen molar-refractivity contribution < 1.29 is 57.4 Å². The Kier molecular flexibility index (Phi) is 36.2. The van der Waals surface area contributed by atoms with Crippen LogP contribution in [0.25, 0.3) is 0 Å². The minimum absolute atomic E-state index is 0.0324. The van der Waals surface area contributed by atoms with Crippen molar-refractivity contribution in [2.24, 2.45) is 0 Å². The van der Waals surface area contributed by atoms with Crippen molar-refractivity contribution in [1.82, 2.24) is 0 Å². The van der Waals surface area contributed by atoms with Gasteiger partial charge < -0.3 is 34.2 Å². The van der Waals surface area contributed by atoms with E-state index < -0.39 is 50.8 Å². The summed E-state index contributed by atoms with van der Waals surface area (Å²) in [6, 6.07) is 0. The molecule has 0 aliphatic carbocycles. The van der Waals surface area contributed by atoms with Gasteiger partial charge in [0, 0.05) is 12.8 Å². The quantitative estimate of drug-likeness (QED) is 0.0152. The van der Waals surface area contributed by atoms with Gasteiger partial charge in [-0.3, -0.25) is 18.6 Å². The zero-order valence-electron chi connectivity index (χ0n) is 37.6. The van der Waals surface area contributed by atoms with Crippen molar-refractivity contribution in [1.29, 1.82) is 0 Å². The van der Waals surface area contributed by atoms with Gasteiger partial charge in [-0.05, 0) is 25.7 Å². The van der Waals surface area contributed by atoms with Crippen molar-refractivity contribution in [3.63, 3.8) is 0 Å².